The molecule has 0 aliphatic carbocycles. The van der Waals surface area contributed by atoms with E-state index < -0.39 is 0 Å². The maximum absolute atomic E-state index is 13.1. The van der Waals surface area contributed by atoms with Gasteiger partial charge in [0.05, 0.1) is 10.9 Å². The van der Waals surface area contributed by atoms with Gasteiger partial charge in [-0.3, -0.25) is 14.2 Å². The van der Waals surface area contributed by atoms with Crippen molar-refractivity contribution in [3.8, 4) is 0 Å². The van der Waals surface area contributed by atoms with Gasteiger partial charge in [-0.05, 0) is 68.0 Å². The van der Waals surface area contributed by atoms with Gasteiger partial charge in [-0.25, -0.2) is 0 Å². The number of nitrogens with zero attached hydrogens (tertiary/aromatic N) is 2. The fourth-order valence-electron chi connectivity index (χ4n) is 4.64. The average molecular weight is 487 g/mol. The number of para-hydroxylation sites is 1. The maximum Gasteiger partial charge on any atom is 0.262 e. The van der Waals surface area contributed by atoms with Crippen LogP contribution in [0.2, 0.25) is 0 Å². The number of rotatable bonds is 7. The summed E-state index contributed by atoms with van der Waals surface area (Å²) in [5.41, 5.74) is 3.82. The fraction of sp³-hybridized carbons (Fsp3) is 0.222. The minimum absolute atomic E-state index is 0.176. The van der Waals surface area contributed by atoms with Crippen LogP contribution in [0.5, 0.6) is 0 Å². The molecule has 2 N–H and O–H groups in total. The summed E-state index contributed by atoms with van der Waals surface area (Å²) in [6, 6.07) is 19.2. The lowest BCUT2D eigenvalue weighted by atomic mass is 10.1. The zero-order valence-corrected chi connectivity index (χ0v) is 20.4. The molecule has 0 bridgehead atoms. The van der Waals surface area contributed by atoms with Crippen molar-refractivity contribution in [2.24, 2.45) is 0 Å². The summed E-state index contributed by atoms with van der Waals surface area (Å²) in [6.07, 6.45) is 0.682. The monoisotopic (exact) mass is 486 g/mol. The van der Waals surface area contributed by atoms with E-state index in [0.29, 0.717) is 46.5 Å². The average Bonchev–Trinajstić information content (AvgIpc) is 3.18. The number of aryl methyl sites for hydroxylation is 1. The Morgan fingerprint density at radius 3 is 2.60 bits per heavy atom. The Hall–Kier alpha value is -3.75. The molecule has 0 saturated carbocycles. The van der Waals surface area contributed by atoms with Crippen LogP contribution < -0.4 is 10.9 Å². The van der Waals surface area contributed by atoms with E-state index in [4.69, 9.17) is 17.0 Å². The number of nitrogens with one attached hydrogen (secondary N) is 2. The van der Waals surface area contributed by atoms with Crippen LogP contribution in [0.25, 0.3) is 32.7 Å². The van der Waals surface area contributed by atoms with Gasteiger partial charge in [0.25, 0.3) is 11.5 Å². The van der Waals surface area contributed by atoms with E-state index in [1.165, 1.54) is 10.1 Å². The number of aromatic amines is 1. The van der Waals surface area contributed by atoms with Gasteiger partial charge < -0.3 is 19.6 Å². The smallest absolute Gasteiger partial charge is 0.262 e. The normalized spacial score (nSPS) is 11.5. The van der Waals surface area contributed by atoms with Crippen LogP contribution >= 0.6 is 12.2 Å². The summed E-state index contributed by atoms with van der Waals surface area (Å²) >= 11 is 5.39. The van der Waals surface area contributed by atoms with Gasteiger partial charge in [0, 0.05) is 59.9 Å². The molecule has 5 rings (SSSR count). The Balaban J connectivity index is 1.46. The van der Waals surface area contributed by atoms with E-state index >= 15 is 0 Å². The molecule has 0 aliphatic heterocycles. The van der Waals surface area contributed by atoms with Crippen molar-refractivity contribution in [2.45, 2.75) is 26.4 Å². The topological polar surface area (TPSA) is 81.1 Å². The minimum Gasteiger partial charge on any atom is -0.385 e. The predicted molar refractivity (Wildman–Crippen MR) is 143 cm³/mol. The number of methoxy groups -OCH3 is 1. The molecule has 3 aromatic carbocycles. The Morgan fingerprint density at radius 2 is 1.80 bits per heavy atom. The van der Waals surface area contributed by atoms with E-state index in [2.05, 4.69) is 33.9 Å². The van der Waals surface area contributed by atoms with Crippen molar-refractivity contribution in [1.82, 2.24) is 14.1 Å². The highest BCUT2D eigenvalue weighted by Crippen LogP contribution is 2.31. The zero-order chi connectivity index (χ0) is 24.5. The first-order valence-corrected chi connectivity index (χ1v) is 12.0. The lowest BCUT2D eigenvalue weighted by Gasteiger charge is -2.10. The zero-order valence-electron chi connectivity index (χ0n) is 19.6. The first-order valence-electron chi connectivity index (χ1n) is 11.6. The molecule has 0 unspecified atom stereocenters. The number of aromatic nitrogens is 3. The second-order valence-corrected chi connectivity index (χ2v) is 8.83. The summed E-state index contributed by atoms with van der Waals surface area (Å²) in [7, 11) is 1.62. The molecule has 0 radical (unpaired) electrons. The van der Waals surface area contributed by atoms with Crippen LogP contribution in [0.1, 0.15) is 23.7 Å². The molecule has 8 heteroatoms. The highest BCUT2D eigenvalue weighted by atomic mass is 32.1. The standard InChI is InChI=1S/C27H26N4O3S/c1-3-30-23-8-5-4-7-19(23)21-16-18(10-12-24(21)30)28-25(32)17-9-11-20-22(15-17)29-27(35)31(26(20)33)13-6-14-34-2/h4-5,7-12,15-16H,3,6,13-14H2,1-2H3,(H,28,32)(H,29,35). The molecular formula is C27H26N4O3S. The van der Waals surface area contributed by atoms with Crippen molar-refractivity contribution < 1.29 is 9.53 Å². The second-order valence-electron chi connectivity index (χ2n) is 8.44. The SMILES string of the molecule is CCn1c2ccccc2c2cc(NC(=O)c3ccc4c(=O)n(CCCOC)c(=S)[nH]c4c3)ccc21. The van der Waals surface area contributed by atoms with Gasteiger partial charge >= 0.3 is 0 Å². The largest absolute Gasteiger partial charge is 0.385 e. The molecule has 5 aromatic rings. The Kier molecular flexibility index (Phi) is 6.23. The first-order chi connectivity index (χ1) is 17.0. The lowest BCUT2D eigenvalue weighted by molar-refractivity contribution is 0.102. The number of hydrogen-bond donors (Lipinski definition) is 2. The number of amides is 1. The number of ether oxygens (including phenoxy) is 1. The molecule has 178 valence electrons. The predicted octanol–water partition coefficient (Wildman–Crippen LogP) is 5.48. The Bertz CT molecular complexity index is 1700. The molecular weight excluding hydrogens is 460 g/mol. The van der Waals surface area contributed by atoms with Crippen molar-refractivity contribution in [3.63, 3.8) is 0 Å². The Labute approximate surface area is 207 Å². The quantitative estimate of drug-likeness (QED) is 0.236. The lowest BCUT2D eigenvalue weighted by Crippen LogP contribution is -2.23. The highest BCUT2D eigenvalue weighted by Gasteiger charge is 2.13. The maximum atomic E-state index is 13.1. The van der Waals surface area contributed by atoms with Gasteiger partial charge in [0.1, 0.15) is 0 Å². The number of hydrogen-bond acceptors (Lipinski definition) is 4. The summed E-state index contributed by atoms with van der Waals surface area (Å²) in [4.78, 5) is 29.1. The van der Waals surface area contributed by atoms with Gasteiger partial charge in [-0.2, -0.15) is 0 Å². The van der Waals surface area contributed by atoms with Gasteiger partial charge in [-0.15, -0.1) is 0 Å². The van der Waals surface area contributed by atoms with Crippen LogP contribution in [0.15, 0.2) is 65.5 Å². The summed E-state index contributed by atoms with van der Waals surface area (Å²) in [6.45, 7) is 4.00. The number of carbonyl (C=O) groups is 1. The van der Waals surface area contributed by atoms with E-state index in [9.17, 15) is 9.59 Å². The number of fused-ring (bicyclic) bond motifs is 4. The van der Waals surface area contributed by atoms with E-state index in [-0.39, 0.29) is 11.5 Å². The molecule has 0 atom stereocenters. The van der Waals surface area contributed by atoms with Crippen molar-refractivity contribution >= 4 is 56.5 Å². The number of carbonyl (C=O) groups excluding carboxylic acids is 1. The third-order valence-corrected chi connectivity index (χ3v) is 6.64. The molecule has 2 aromatic heterocycles. The van der Waals surface area contributed by atoms with Crippen LogP contribution in [0, 0.1) is 4.77 Å². The van der Waals surface area contributed by atoms with Gasteiger partial charge in [-0.1, -0.05) is 18.2 Å². The van der Waals surface area contributed by atoms with E-state index in [0.717, 1.165) is 22.8 Å². The van der Waals surface area contributed by atoms with Crippen LogP contribution in [-0.2, 0) is 17.8 Å². The highest BCUT2D eigenvalue weighted by molar-refractivity contribution is 7.71. The summed E-state index contributed by atoms with van der Waals surface area (Å²) in [5.74, 6) is -0.255. The van der Waals surface area contributed by atoms with Crippen molar-refractivity contribution in [2.75, 3.05) is 19.0 Å². The van der Waals surface area contributed by atoms with Crippen molar-refractivity contribution in [1.29, 1.82) is 0 Å². The van der Waals surface area contributed by atoms with Gasteiger partial charge in [0.2, 0.25) is 0 Å². The minimum atomic E-state index is -0.255. The summed E-state index contributed by atoms with van der Waals surface area (Å²) < 4.78 is 9.19. The number of benzene rings is 3. The fourth-order valence-corrected chi connectivity index (χ4v) is 4.93. The molecule has 0 fully saturated rings. The van der Waals surface area contributed by atoms with E-state index in [1.807, 2.05) is 30.3 Å². The van der Waals surface area contributed by atoms with Crippen LogP contribution in [0.3, 0.4) is 0 Å². The number of H-pyrrole nitrogens is 1. The van der Waals surface area contributed by atoms with Crippen LogP contribution in [0.4, 0.5) is 5.69 Å². The molecule has 0 aliphatic rings. The molecule has 0 saturated heterocycles. The molecule has 35 heavy (non-hydrogen) atoms. The van der Waals surface area contributed by atoms with E-state index in [1.54, 1.807) is 25.3 Å². The molecule has 7 nitrogen and oxygen atoms in total. The third kappa shape index (κ3) is 4.15. The third-order valence-electron chi connectivity index (χ3n) is 6.32. The Morgan fingerprint density at radius 1 is 1.00 bits per heavy atom. The number of anilines is 1. The summed E-state index contributed by atoms with van der Waals surface area (Å²) in [5, 5.41) is 5.73. The van der Waals surface area contributed by atoms with Gasteiger partial charge in [0.15, 0.2) is 4.77 Å². The molecule has 2 heterocycles. The second kappa shape index (κ2) is 9.48. The first kappa shape index (κ1) is 23.0. The van der Waals surface area contributed by atoms with Crippen LogP contribution in [-0.4, -0.2) is 33.7 Å². The molecule has 0 spiro atoms. The molecule has 1 amide bonds. The van der Waals surface area contributed by atoms with Crippen molar-refractivity contribution in [3.05, 3.63) is 81.4 Å².